The Morgan fingerprint density at radius 2 is 2.00 bits per heavy atom. The molecular formula is C19H20N4O4. The number of nitrogens with one attached hydrogen (secondary N) is 1. The van der Waals surface area contributed by atoms with Crippen LogP contribution >= 0.6 is 0 Å². The smallest absolute Gasteiger partial charge is 0.280 e. The Kier molecular flexibility index (Phi) is 4.72. The third-order valence-electron chi connectivity index (χ3n) is 4.87. The molecule has 1 aromatic heterocycles. The monoisotopic (exact) mass is 368 g/mol. The predicted molar refractivity (Wildman–Crippen MR) is 98.3 cm³/mol. The number of H-pyrrole nitrogens is 1. The standard InChI is InChI=1S/C19H20N4O4/c24-16(22-7-3-4-8-22)11-13-12-27-10-9-23(13)19(26)17-18(25)21-15-6-2-1-5-14(15)20-17/h1-6,13H,7-12H2,(H,21,25)/t13-/m0/s1. The van der Waals surface area contributed by atoms with Crippen LogP contribution in [0.4, 0.5) is 0 Å². The fourth-order valence-electron chi connectivity index (χ4n) is 3.41. The number of ether oxygens (including phenoxy) is 1. The Morgan fingerprint density at radius 1 is 1.22 bits per heavy atom. The number of amides is 2. The second kappa shape index (κ2) is 7.32. The molecule has 1 atom stereocenters. The van der Waals surface area contributed by atoms with Gasteiger partial charge in [-0.2, -0.15) is 0 Å². The lowest BCUT2D eigenvalue weighted by Gasteiger charge is -2.35. The Bertz CT molecular complexity index is 960. The third kappa shape index (κ3) is 3.48. The molecule has 2 amide bonds. The van der Waals surface area contributed by atoms with Gasteiger partial charge in [-0.15, -0.1) is 0 Å². The normalized spacial score (nSPS) is 19.6. The number of rotatable bonds is 3. The van der Waals surface area contributed by atoms with Crippen molar-refractivity contribution in [3.63, 3.8) is 0 Å². The van der Waals surface area contributed by atoms with Crippen molar-refractivity contribution in [1.82, 2.24) is 19.8 Å². The van der Waals surface area contributed by atoms with E-state index in [0.717, 1.165) is 0 Å². The van der Waals surface area contributed by atoms with Gasteiger partial charge in [0.1, 0.15) is 0 Å². The first-order valence-electron chi connectivity index (χ1n) is 8.94. The van der Waals surface area contributed by atoms with Crippen LogP contribution in [-0.4, -0.2) is 70.5 Å². The Hall–Kier alpha value is -3.00. The van der Waals surface area contributed by atoms with Crippen LogP contribution in [0.3, 0.4) is 0 Å². The fraction of sp³-hybridized carbons (Fsp3) is 0.368. The molecule has 2 aliphatic rings. The van der Waals surface area contributed by atoms with Crippen molar-refractivity contribution in [2.24, 2.45) is 0 Å². The summed E-state index contributed by atoms with van der Waals surface area (Å²) in [5.41, 5.74) is 0.439. The number of aromatic amines is 1. The molecule has 0 unspecified atom stereocenters. The van der Waals surface area contributed by atoms with Gasteiger partial charge in [0.05, 0.1) is 30.3 Å². The first-order chi connectivity index (χ1) is 13.1. The Morgan fingerprint density at radius 3 is 2.81 bits per heavy atom. The third-order valence-corrected chi connectivity index (χ3v) is 4.87. The van der Waals surface area contributed by atoms with Gasteiger partial charge in [0.2, 0.25) is 5.91 Å². The van der Waals surface area contributed by atoms with Crippen LogP contribution in [0.2, 0.25) is 0 Å². The maximum atomic E-state index is 13.0. The van der Waals surface area contributed by atoms with Crippen LogP contribution in [0.15, 0.2) is 41.2 Å². The van der Waals surface area contributed by atoms with Gasteiger partial charge in [0, 0.05) is 26.1 Å². The molecule has 0 saturated carbocycles. The number of carbonyl (C=O) groups is 2. The number of hydrogen-bond acceptors (Lipinski definition) is 5. The van der Waals surface area contributed by atoms with Gasteiger partial charge in [-0.3, -0.25) is 14.4 Å². The number of aromatic nitrogens is 2. The summed E-state index contributed by atoms with van der Waals surface area (Å²) in [6.45, 7) is 2.14. The summed E-state index contributed by atoms with van der Waals surface area (Å²) in [5.74, 6) is -0.503. The molecule has 140 valence electrons. The number of para-hydroxylation sites is 2. The lowest BCUT2D eigenvalue weighted by Crippen LogP contribution is -2.51. The van der Waals surface area contributed by atoms with Crippen LogP contribution in [0.1, 0.15) is 16.9 Å². The molecule has 0 spiro atoms. The molecule has 0 aliphatic carbocycles. The average molecular weight is 368 g/mol. The highest BCUT2D eigenvalue weighted by Gasteiger charge is 2.33. The van der Waals surface area contributed by atoms with Gasteiger partial charge in [-0.1, -0.05) is 24.3 Å². The summed E-state index contributed by atoms with van der Waals surface area (Å²) in [6, 6.07) is 6.65. The Labute approximate surface area is 155 Å². The van der Waals surface area contributed by atoms with Gasteiger partial charge >= 0.3 is 0 Å². The first kappa shape index (κ1) is 17.4. The van der Waals surface area contributed by atoms with Crippen LogP contribution in [0.5, 0.6) is 0 Å². The quantitative estimate of drug-likeness (QED) is 0.799. The molecule has 0 radical (unpaired) electrons. The van der Waals surface area contributed by atoms with Crippen molar-refractivity contribution in [2.75, 3.05) is 32.8 Å². The number of carbonyl (C=O) groups excluding carboxylic acids is 2. The molecule has 3 heterocycles. The largest absolute Gasteiger partial charge is 0.377 e. The maximum Gasteiger partial charge on any atom is 0.280 e. The Balaban J connectivity index is 1.58. The molecule has 1 saturated heterocycles. The number of nitrogens with zero attached hydrogens (tertiary/aromatic N) is 3. The zero-order chi connectivity index (χ0) is 18.8. The van der Waals surface area contributed by atoms with Crippen LogP contribution in [0.25, 0.3) is 11.0 Å². The van der Waals surface area contributed by atoms with Crippen molar-refractivity contribution < 1.29 is 14.3 Å². The van der Waals surface area contributed by atoms with E-state index in [1.54, 1.807) is 29.2 Å². The number of fused-ring (bicyclic) bond motifs is 1. The second-order valence-corrected chi connectivity index (χ2v) is 6.63. The lowest BCUT2D eigenvalue weighted by molar-refractivity contribution is -0.132. The summed E-state index contributed by atoms with van der Waals surface area (Å²) in [4.78, 5) is 48.1. The SMILES string of the molecule is O=C(C[C@H]1COCCN1C(=O)c1nc2ccccc2[nH]c1=O)N1CC=CC1. The molecule has 2 aliphatic heterocycles. The van der Waals surface area contributed by atoms with Gasteiger partial charge in [-0.25, -0.2) is 4.98 Å². The minimum Gasteiger partial charge on any atom is -0.377 e. The van der Waals surface area contributed by atoms with Gasteiger partial charge in [-0.05, 0) is 12.1 Å². The molecule has 1 fully saturated rings. The van der Waals surface area contributed by atoms with E-state index in [0.29, 0.717) is 37.3 Å². The predicted octanol–water partition coefficient (Wildman–Crippen LogP) is 0.553. The topological polar surface area (TPSA) is 95.6 Å². The lowest BCUT2D eigenvalue weighted by atomic mass is 10.1. The molecule has 0 bridgehead atoms. The summed E-state index contributed by atoms with van der Waals surface area (Å²) in [5, 5.41) is 0. The van der Waals surface area contributed by atoms with E-state index in [1.807, 2.05) is 12.2 Å². The van der Waals surface area contributed by atoms with Crippen molar-refractivity contribution in [3.05, 3.63) is 52.5 Å². The van der Waals surface area contributed by atoms with Crippen LogP contribution < -0.4 is 5.56 Å². The molecule has 27 heavy (non-hydrogen) atoms. The van der Waals surface area contributed by atoms with Gasteiger partial charge in [0.15, 0.2) is 5.69 Å². The van der Waals surface area contributed by atoms with E-state index in [1.165, 1.54) is 4.90 Å². The maximum absolute atomic E-state index is 13.0. The fourth-order valence-corrected chi connectivity index (χ4v) is 3.41. The number of hydrogen-bond donors (Lipinski definition) is 1. The van der Waals surface area contributed by atoms with E-state index in [4.69, 9.17) is 4.74 Å². The molecule has 8 nitrogen and oxygen atoms in total. The van der Waals surface area contributed by atoms with Gasteiger partial charge < -0.3 is 19.5 Å². The molecule has 1 aromatic carbocycles. The highest BCUT2D eigenvalue weighted by molar-refractivity contribution is 5.94. The molecule has 4 rings (SSSR count). The second-order valence-electron chi connectivity index (χ2n) is 6.63. The summed E-state index contributed by atoms with van der Waals surface area (Å²) in [6.07, 6.45) is 4.05. The van der Waals surface area contributed by atoms with Gasteiger partial charge in [0.25, 0.3) is 11.5 Å². The van der Waals surface area contributed by atoms with E-state index < -0.39 is 17.5 Å². The van der Waals surface area contributed by atoms with Crippen LogP contribution in [0, 0.1) is 0 Å². The van der Waals surface area contributed by atoms with E-state index >= 15 is 0 Å². The molecule has 8 heteroatoms. The average Bonchev–Trinajstić information content (AvgIpc) is 3.22. The highest BCUT2D eigenvalue weighted by atomic mass is 16.5. The van der Waals surface area contributed by atoms with Crippen molar-refractivity contribution >= 4 is 22.8 Å². The molecule has 1 N–H and O–H groups in total. The summed E-state index contributed by atoms with van der Waals surface area (Å²) in [7, 11) is 0. The first-order valence-corrected chi connectivity index (χ1v) is 8.94. The molecular weight excluding hydrogens is 348 g/mol. The summed E-state index contributed by atoms with van der Waals surface area (Å²) >= 11 is 0. The number of benzene rings is 1. The van der Waals surface area contributed by atoms with E-state index in [2.05, 4.69) is 9.97 Å². The zero-order valence-electron chi connectivity index (χ0n) is 14.8. The van der Waals surface area contributed by atoms with Crippen molar-refractivity contribution in [2.45, 2.75) is 12.5 Å². The summed E-state index contributed by atoms with van der Waals surface area (Å²) < 4.78 is 5.48. The molecule has 2 aromatic rings. The van der Waals surface area contributed by atoms with E-state index in [-0.39, 0.29) is 24.6 Å². The van der Waals surface area contributed by atoms with Crippen molar-refractivity contribution in [3.8, 4) is 0 Å². The zero-order valence-corrected chi connectivity index (χ0v) is 14.8. The highest BCUT2D eigenvalue weighted by Crippen LogP contribution is 2.16. The minimum atomic E-state index is -0.529. The van der Waals surface area contributed by atoms with E-state index in [9.17, 15) is 14.4 Å². The minimum absolute atomic E-state index is 0.0336. The number of morpholine rings is 1. The van der Waals surface area contributed by atoms with Crippen LogP contribution in [-0.2, 0) is 9.53 Å². The van der Waals surface area contributed by atoms with Crippen molar-refractivity contribution in [1.29, 1.82) is 0 Å².